The standard InChI is InChI=1S/C19H24N4O2S/c1-2-17(24)21-10-8-15-13-26-18(22-15)14-6-5-11-23(12-14)19(25)16-7-3-4-9-20-16/h3-4,7,9,13-14H,2,5-6,8,10-12H2,1H3,(H,21,24)/t14-/m0/s1. The van der Waals surface area contributed by atoms with E-state index in [4.69, 9.17) is 4.98 Å². The van der Waals surface area contributed by atoms with E-state index in [0.717, 1.165) is 36.5 Å². The molecule has 1 fully saturated rings. The number of piperidine rings is 1. The minimum Gasteiger partial charge on any atom is -0.356 e. The Bertz CT molecular complexity index is 747. The Hall–Kier alpha value is -2.28. The summed E-state index contributed by atoms with van der Waals surface area (Å²) in [6.07, 6.45) is 4.92. The highest BCUT2D eigenvalue weighted by molar-refractivity contribution is 7.09. The monoisotopic (exact) mass is 372 g/mol. The number of thiazole rings is 1. The second-order valence-corrected chi connectivity index (χ2v) is 7.33. The van der Waals surface area contributed by atoms with Gasteiger partial charge in [0.2, 0.25) is 5.91 Å². The molecule has 0 aliphatic carbocycles. The first-order chi connectivity index (χ1) is 12.7. The zero-order valence-electron chi connectivity index (χ0n) is 15.0. The van der Waals surface area contributed by atoms with Crippen molar-refractivity contribution in [2.75, 3.05) is 19.6 Å². The van der Waals surface area contributed by atoms with E-state index in [1.807, 2.05) is 24.0 Å². The Morgan fingerprint density at radius 3 is 3.04 bits per heavy atom. The summed E-state index contributed by atoms with van der Waals surface area (Å²) in [5, 5.41) is 6.02. The Balaban J connectivity index is 1.58. The summed E-state index contributed by atoms with van der Waals surface area (Å²) in [6.45, 7) is 3.92. The van der Waals surface area contributed by atoms with Gasteiger partial charge in [-0.2, -0.15) is 0 Å². The van der Waals surface area contributed by atoms with E-state index in [9.17, 15) is 9.59 Å². The molecule has 0 spiro atoms. The first-order valence-corrected chi connectivity index (χ1v) is 9.96. The van der Waals surface area contributed by atoms with Gasteiger partial charge >= 0.3 is 0 Å². The van der Waals surface area contributed by atoms with Crippen molar-refractivity contribution in [1.82, 2.24) is 20.2 Å². The highest BCUT2D eigenvalue weighted by Gasteiger charge is 2.27. The number of amides is 2. The van der Waals surface area contributed by atoms with E-state index in [1.54, 1.807) is 23.6 Å². The van der Waals surface area contributed by atoms with Crippen LogP contribution in [0.2, 0.25) is 0 Å². The molecule has 2 aromatic rings. The Morgan fingerprint density at radius 1 is 1.38 bits per heavy atom. The number of carbonyl (C=O) groups is 2. The lowest BCUT2D eigenvalue weighted by molar-refractivity contribution is -0.120. The number of nitrogens with one attached hydrogen (secondary N) is 1. The molecular weight excluding hydrogens is 348 g/mol. The van der Waals surface area contributed by atoms with Gasteiger partial charge in [-0.15, -0.1) is 11.3 Å². The van der Waals surface area contributed by atoms with Crippen molar-refractivity contribution in [3.05, 3.63) is 46.2 Å². The van der Waals surface area contributed by atoms with E-state index in [0.29, 0.717) is 25.2 Å². The van der Waals surface area contributed by atoms with Crippen LogP contribution in [0.4, 0.5) is 0 Å². The maximum absolute atomic E-state index is 12.6. The van der Waals surface area contributed by atoms with E-state index in [1.165, 1.54) is 0 Å². The summed E-state index contributed by atoms with van der Waals surface area (Å²) < 4.78 is 0. The van der Waals surface area contributed by atoms with Crippen molar-refractivity contribution in [1.29, 1.82) is 0 Å². The molecule has 1 aliphatic rings. The lowest BCUT2D eigenvalue weighted by Gasteiger charge is -2.31. The van der Waals surface area contributed by atoms with E-state index >= 15 is 0 Å². The average molecular weight is 372 g/mol. The molecule has 1 saturated heterocycles. The first-order valence-electron chi connectivity index (χ1n) is 9.08. The molecule has 7 heteroatoms. The van der Waals surface area contributed by atoms with Crippen molar-refractivity contribution < 1.29 is 9.59 Å². The maximum atomic E-state index is 12.6. The topological polar surface area (TPSA) is 75.2 Å². The highest BCUT2D eigenvalue weighted by atomic mass is 32.1. The summed E-state index contributed by atoms with van der Waals surface area (Å²) in [7, 11) is 0. The number of nitrogens with zero attached hydrogens (tertiary/aromatic N) is 3. The largest absolute Gasteiger partial charge is 0.356 e. The van der Waals surface area contributed by atoms with Gasteiger partial charge in [-0.3, -0.25) is 14.6 Å². The minimum atomic E-state index is -0.00522. The molecule has 1 N–H and O–H groups in total. The quantitative estimate of drug-likeness (QED) is 0.846. The second kappa shape index (κ2) is 8.89. The molecule has 0 radical (unpaired) electrons. The Morgan fingerprint density at radius 2 is 2.27 bits per heavy atom. The molecule has 2 amide bonds. The summed E-state index contributed by atoms with van der Waals surface area (Å²) in [5.41, 5.74) is 1.51. The van der Waals surface area contributed by atoms with Crippen molar-refractivity contribution in [3.63, 3.8) is 0 Å². The molecule has 1 atom stereocenters. The van der Waals surface area contributed by atoms with Gasteiger partial charge < -0.3 is 10.2 Å². The van der Waals surface area contributed by atoms with Gasteiger partial charge in [-0.1, -0.05) is 13.0 Å². The van der Waals surface area contributed by atoms with Crippen molar-refractivity contribution in [3.8, 4) is 0 Å². The molecule has 1 aliphatic heterocycles. The number of hydrogen-bond acceptors (Lipinski definition) is 5. The highest BCUT2D eigenvalue weighted by Crippen LogP contribution is 2.29. The van der Waals surface area contributed by atoms with Crippen molar-refractivity contribution >= 4 is 23.2 Å². The molecule has 138 valence electrons. The van der Waals surface area contributed by atoms with Crippen LogP contribution in [0.25, 0.3) is 0 Å². The van der Waals surface area contributed by atoms with Crippen molar-refractivity contribution in [2.24, 2.45) is 0 Å². The maximum Gasteiger partial charge on any atom is 0.272 e. The minimum absolute atomic E-state index is 0.00522. The first kappa shape index (κ1) is 18.5. The number of pyridine rings is 1. The van der Waals surface area contributed by atoms with Gasteiger partial charge in [0.05, 0.1) is 10.7 Å². The van der Waals surface area contributed by atoms with Crippen LogP contribution in [0.5, 0.6) is 0 Å². The van der Waals surface area contributed by atoms with E-state index in [-0.39, 0.29) is 17.7 Å². The van der Waals surface area contributed by atoms with Crippen LogP contribution in [0, 0.1) is 0 Å². The number of carbonyl (C=O) groups excluding carboxylic acids is 2. The fraction of sp³-hybridized carbons (Fsp3) is 0.474. The molecule has 0 saturated carbocycles. The zero-order valence-corrected chi connectivity index (χ0v) is 15.8. The number of aromatic nitrogens is 2. The predicted molar refractivity (Wildman–Crippen MR) is 101 cm³/mol. The third-order valence-corrected chi connectivity index (χ3v) is 5.59. The Labute approximate surface area is 157 Å². The van der Waals surface area contributed by atoms with E-state index in [2.05, 4.69) is 15.7 Å². The smallest absolute Gasteiger partial charge is 0.272 e. The molecule has 26 heavy (non-hydrogen) atoms. The molecular formula is C19H24N4O2S. The normalized spacial score (nSPS) is 17.1. The summed E-state index contributed by atoms with van der Waals surface area (Å²) >= 11 is 1.65. The molecule has 0 aromatic carbocycles. The lowest BCUT2D eigenvalue weighted by Crippen LogP contribution is -2.39. The predicted octanol–water partition coefficient (Wildman–Crippen LogP) is 2.63. The van der Waals surface area contributed by atoms with Crippen LogP contribution in [0.3, 0.4) is 0 Å². The van der Waals surface area contributed by atoms with Crippen LogP contribution in [0.1, 0.15) is 53.3 Å². The average Bonchev–Trinajstić information content (AvgIpc) is 3.17. The summed E-state index contributed by atoms with van der Waals surface area (Å²) in [6, 6.07) is 5.42. The molecule has 6 nitrogen and oxygen atoms in total. The van der Waals surface area contributed by atoms with Crippen LogP contribution in [0.15, 0.2) is 29.8 Å². The Kier molecular flexibility index (Phi) is 6.33. The van der Waals surface area contributed by atoms with Crippen molar-refractivity contribution in [2.45, 2.75) is 38.5 Å². The number of rotatable bonds is 6. The van der Waals surface area contributed by atoms with Gasteiger partial charge in [0.25, 0.3) is 5.91 Å². The molecule has 2 aromatic heterocycles. The number of hydrogen-bond donors (Lipinski definition) is 1. The third kappa shape index (κ3) is 4.66. The lowest BCUT2D eigenvalue weighted by atomic mass is 9.98. The van der Waals surface area contributed by atoms with Gasteiger partial charge in [0.1, 0.15) is 5.69 Å². The summed E-state index contributed by atoms with van der Waals surface area (Å²) in [5.74, 6) is 0.339. The van der Waals surface area contributed by atoms with E-state index < -0.39 is 0 Å². The van der Waals surface area contributed by atoms with Crippen LogP contribution < -0.4 is 5.32 Å². The van der Waals surface area contributed by atoms with Gasteiger partial charge in [-0.05, 0) is 25.0 Å². The van der Waals surface area contributed by atoms with Gasteiger partial charge in [-0.25, -0.2) is 4.98 Å². The van der Waals surface area contributed by atoms with Crippen LogP contribution >= 0.6 is 11.3 Å². The van der Waals surface area contributed by atoms with Gasteiger partial charge in [0, 0.05) is 50.0 Å². The second-order valence-electron chi connectivity index (χ2n) is 6.44. The molecule has 0 unspecified atom stereocenters. The fourth-order valence-corrected chi connectivity index (χ4v) is 4.08. The molecule has 0 bridgehead atoms. The number of likely N-dealkylation sites (tertiary alicyclic amines) is 1. The fourth-order valence-electron chi connectivity index (χ4n) is 3.09. The van der Waals surface area contributed by atoms with Crippen LogP contribution in [-0.2, 0) is 11.2 Å². The zero-order chi connectivity index (χ0) is 18.4. The van der Waals surface area contributed by atoms with Crippen LogP contribution in [-0.4, -0.2) is 46.3 Å². The summed E-state index contributed by atoms with van der Waals surface area (Å²) in [4.78, 5) is 34.7. The third-order valence-electron chi connectivity index (χ3n) is 4.54. The molecule has 3 rings (SSSR count). The molecule has 3 heterocycles. The SMILES string of the molecule is CCC(=O)NCCc1csc([C@H]2CCCN(C(=O)c3ccccn3)C2)n1. The van der Waals surface area contributed by atoms with Gasteiger partial charge in [0.15, 0.2) is 0 Å².